The summed E-state index contributed by atoms with van der Waals surface area (Å²) in [6, 6.07) is 5.89. The molecule has 0 bridgehead atoms. The average Bonchev–Trinajstić information content (AvgIpc) is 2.82. The molecule has 0 heterocycles. The van der Waals surface area contributed by atoms with Gasteiger partial charge in [0.2, 0.25) is 11.8 Å². The number of aliphatic hydroxyl groups is 1. The Bertz CT molecular complexity index is 867. The number of methoxy groups -OCH3 is 2. The van der Waals surface area contributed by atoms with E-state index in [4.69, 9.17) is 14.2 Å². The molecular weight excluding hydrogens is 466 g/mol. The third-order valence-electron chi connectivity index (χ3n) is 5.96. The van der Waals surface area contributed by atoms with Crippen LogP contribution in [0.25, 0.3) is 0 Å². The maximum Gasteiger partial charge on any atom is 0.408 e. The molecule has 36 heavy (non-hydrogen) atoms. The van der Waals surface area contributed by atoms with Gasteiger partial charge in [-0.25, -0.2) is 4.79 Å². The molecule has 10 nitrogen and oxygen atoms in total. The molecule has 1 aliphatic rings. The highest BCUT2D eigenvalue weighted by Crippen LogP contribution is 2.29. The molecule has 0 aliphatic heterocycles. The van der Waals surface area contributed by atoms with Crippen molar-refractivity contribution < 1.29 is 33.7 Å². The number of carbonyl (C=O) groups is 3. The van der Waals surface area contributed by atoms with Gasteiger partial charge < -0.3 is 35.3 Å². The van der Waals surface area contributed by atoms with Crippen molar-refractivity contribution in [2.24, 2.45) is 0 Å². The largest absolute Gasteiger partial charge is 0.444 e. The molecule has 0 spiro atoms. The standard InChI is InChI=1S/C26H41N3O7/c1-26(2,3)36-25(33)29-21(15-16-30)24(32)28-20(13-14-22(34-4)35-5)23(31)27-19-12-8-10-17-9-6-7-11-18(17)19/h6-7,9,11,19-22,30H,8,10,12-16H2,1-5H3,(H,27,31)(H,28,32)(H,29,33)/t19-,20?,21+/m1/s1. The van der Waals surface area contributed by atoms with Crippen LogP contribution < -0.4 is 16.0 Å². The number of nitrogens with one attached hydrogen (secondary N) is 3. The van der Waals surface area contributed by atoms with Gasteiger partial charge in [0.15, 0.2) is 6.29 Å². The first kappa shape index (κ1) is 29.5. The summed E-state index contributed by atoms with van der Waals surface area (Å²) in [6.45, 7) is 4.79. The smallest absolute Gasteiger partial charge is 0.408 e. The van der Waals surface area contributed by atoms with E-state index in [1.165, 1.54) is 19.8 Å². The quantitative estimate of drug-likeness (QED) is 0.319. The number of amides is 3. The molecule has 1 aromatic carbocycles. The van der Waals surface area contributed by atoms with Crippen molar-refractivity contribution >= 4 is 17.9 Å². The van der Waals surface area contributed by atoms with Crippen LogP contribution in [-0.4, -0.2) is 67.8 Å². The zero-order valence-electron chi connectivity index (χ0n) is 22.0. The summed E-state index contributed by atoms with van der Waals surface area (Å²) in [5.41, 5.74) is 1.54. The van der Waals surface area contributed by atoms with E-state index in [1.807, 2.05) is 18.2 Å². The number of aliphatic hydroxyl groups excluding tert-OH is 1. The number of aryl methyl sites for hydroxylation is 1. The summed E-state index contributed by atoms with van der Waals surface area (Å²) in [7, 11) is 3.01. The second-order valence-electron chi connectivity index (χ2n) is 9.90. The summed E-state index contributed by atoms with van der Waals surface area (Å²) in [5, 5.41) is 17.8. The van der Waals surface area contributed by atoms with E-state index in [9.17, 15) is 19.5 Å². The Labute approximate surface area is 213 Å². The number of fused-ring (bicyclic) bond motifs is 1. The molecule has 3 amide bonds. The van der Waals surface area contributed by atoms with Gasteiger partial charge in [-0.1, -0.05) is 24.3 Å². The third-order valence-corrected chi connectivity index (χ3v) is 5.96. The van der Waals surface area contributed by atoms with E-state index in [0.717, 1.165) is 24.8 Å². The fourth-order valence-corrected chi connectivity index (χ4v) is 4.20. The minimum absolute atomic E-state index is 0.0335. The van der Waals surface area contributed by atoms with Gasteiger partial charge >= 0.3 is 6.09 Å². The summed E-state index contributed by atoms with van der Waals surface area (Å²) in [4.78, 5) is 38.7. The molecule has 4 N–H and O–H groups in total. The van der Waals surface area contributed by atoms with Crippen LogP contribution in [-0.2, 0) is 30.2 Å². The van der Waals surface area contributed by atoms with Crippen LogP contribution in [0.5, 0.6) is 0 Å². The average molecular weight is 508 g/mol. The number of hydrogen-bond donors (Lipinski definition) is 4. The predicted molar refractivity (Wildman–Crippen MR) is 134 cm³/mol. The van der Waals surface area contributed by atoms with E-state index in [-0.39, 0.29) is 31.4 Å². The predicted octanol–water partition coefficient (Wildman–Crippen LogP) is 2.34. The SMILES string of the molecule is COC(CCC(NC(=O)[C@H](CCO)NC(=O)OC(C)(C)C)C(=O)N[C@@H]1CCCc2ccccc21)OC. The first-order valence-electron chi connectivity index (χ1n) is 12.4. The van der Waals surface area contributed by atoms with Crippen LogP contribution in [0.2, 0.25) is 0 Å². The molecule has 202 valence electrons. The Balaban J connectivity index is 2.15. The molecule has 0 aromatic heterocycles. The lowest BCUT2D eigenvalue weighted by Gasteiger charge is -2.29. The summed E-state index contributed by atoms with van der Waals surface area (Å²) in [6.07, 6.45) is 1.96. The van der Waals surface area contributed by atoms with Crippen LogP contribution in [0.3, 0.4) is 0 Å². The highest BCUT2D eigenvalue weighted by Gasteiger charge is 2.30. The highest BCUT2D eigenvalue weighted by molar-refractivity contribution is 5.91. The lowest BCUT2D eigenvalue weighted by atomic mass is 9.87. The van der Waals surface area contributed by atoms with Crippen molar-refractivity contribution in [1.29, 1.82) is 0 Å². The fraction of sp³-hybridized carbons (Fsp3) is 0.654. The summed E-state index contributed by atoms with van der Waals surface area (Å²) >= 11 is 0. The second kappa shape index (κ2) is 14.2. The zero-order chi connectivity index (χ0) is 26.7. The molecule has 2 rings (SSSR count). The van der Waals surface area contributed by atoms with Crippen molar-refractivity contribution in [2.75, 3.05) is 20.8 Å². The normalized spacial score (nSPS) is 17.0. The molecular formula is C26H41N3O7. The molecule has 0 saturated heterocycles. The van der Waals surface area contributed by atoms with Crippen molar-refractivity contribution in [3.05, 3.63) is 35.4 Å². The van der Waals surface area contributed by atoms with Crippen molar-refractivity contribution in [1.82, 2.24) is 16.0 Å². The van der Waals surface area contributed by atoms with Gasteiger partial charge in [0.25, 0.3) is 0 Å². The maximum absolute atomic E-state index is 13.4. The molecule has 1 unspecified atom stereocenters. The number of rotatable bonds is 12. The maximum atomic E-state index is 13.4. The number of hydrogen-bond acceptors (Lipinski definition) is 7. The van der Waals surface area contributed by atoms with Gasteiger partial charge in [-0.05, 0) is 64.0 Å². The fourth-order valence-electron chi connectivity index (χ4n) is 4.20. The van der Waals surface area contributed by atoms with E-state index in [2.05, 4.69) is 22.0 Å². The van der Waals surface area contributed by atoms with Crippen LogP contribution in [0.1, 0.15) is 70.0 Å². The highest BCUT2D eigenvalue weighted by atomic mass is 16.7. The van der Waals surface area contributed by atoms with Crippen LogP contribution in [0.15, 0.2) is 24.3 Å². The van der Waals surface area contributed by atoms with Gasteiger partial charge in [0.1, 0.15) is 17.7 Å². The minimum Gasteiger partial charge on any atom is -0.444 e. The van der Waals surface area contributed by atoms with Gasteiger partial charge in [-0.15, -0.1) is 0 Å². The topological polar surface area (TPSA) is 135 Å². The number of ether oxygens (including phenoxy) is 3. The van der Waals surface area contributed by atoms with E-state index in [0.29, 0.717) is 6.42 Å². The van der Waals surface area contributed by atoms with Crippen molar-refractivity contribution in [3.63, 3.8) is 0 Å². The lowest BCUT2D eigenvalue weighted by Crippen LogP contribution is -2.55. The van der Waals surface area contributed by atoms with Gasteiger partial charge in [-0.3, -0.25) is 9.59 Å². The van der Waals surface area contributed by atoms with E-state index in [1.54, 1.807) is 20.8 Å². The Morgan fingerprint density at radius 2 is 1.67 bits per heavy atom. The monoisotopic (exact) mass is 507 g/mol. The Morgan fingerprint density at radius 1 is 1.00 bits per heavy atom. The molecule has 1 aromatic rings. The zero-order valence-corrected chi connectivity index (χ0v) is 22.0. The van der Waals surface area contributed by atoms with E-state index < -0.39 is 36.0 Å². The molecule has 10 heteroatoms. The summed E-state index contributed by atoms with van der Waals surface area (Å²) in [5.74, 6) is -0.929. The van der Waals surface area contributed by atoms with Gasteiger partial charge in [-0.2, -0.15) is 0 Å². The van der Waals surface area contributed by atoms with Crippen molar-refractivity contribution in [3.8, 4) is 0 Å². The number of carbonyl (C=O) groups excluding carboxylic acids is 3. The number of benzene rings is 1. The van der Waals surface area contributed by atoms with E-state index >= 15 is 0 Å². The molecule has 1 aliphatic carbocycles. The first-order chi connectivity index (χ1) is 17.1. The van der Waals surface area contributed by atoms with Crippen molar-refractivity contribution in [2.45, 2.75) is 89.3 Å². The van der Waals surface area contributed by atoms with Gasteiger partial charge in [0.05, 0.1) is 6.04 Å². The molecule has 0 saturated carbocycles. The van der Waals surface area contributed by atoms with Crippen LogP contribution in [0, 0.1) is 0 Å². The number of alkyl carbamates (subject to hydrolysis) is 1. The second-order valence-corrected chi connectivity index (χ2v) is 9.90. The Hall–Kier alpha value is -2.69. The summed E-state index contributed by atoms with van der Waals surface area (Å²) < 4.78 is 15.7. The Morgan fingerprint density at radius 3 is 2.31 bits per heavy atom. The van der Waals surface area contributed by atoms with Gasteiger partial charge in [0, 0.05) is 27.2 Å². The molecule has 0 radical (unpaired) electrons. The lowest BCUT2D eigenvalue weighted by molar-refractivity contribution is -0.132. The first-order valence-corrected chi connectivity index (χ1v) is 12.4. The van der Waals surface area contributed by atoms with Crippen LogP contribution >= 0.6 is 0 Å². The minimum atomic E-state index is -1.07. The molecule has 0 fully saturated rings. The molecule has 3 atom stereocenters. The van der Waals surface area contributed by atoms with Crippen LogP contribution in [0.4, 0.5) is 4.79 Å². The third kappa shape index (κ3) is 9.40. The Kier molecular flexibility index (Phi) is 11.6.